The molecule has 0 atom stereocenters. The molecule has 3 aromatic rings. The Bertz CT molecular complexity index is 931. The molecule has 0 saturated carbocycles. The Morgan fingerprint density at radius 3 is 1.86 bits per heavy atom. The first kappa shape index (κ1) is 19.8. The summed E-state index contributed by atoms with van der Waals surface area (Å²) in [7, 11) is 0. The highest BCUT2D eigenvalue weighted by Crippen LogP contribution is 2.31. The lowest BCUT2D eigenvalue weighted by atomic mass is 9.90. The number of anilines is 1. The molecular formula is C24H22Cl2N2O. The van der Waals surface area contributed by atoms with Gasteiger partial charge in [0.25, 0.3) is 0 Å². The topological polar surface area (TPSA) is 23.6 Å². The summed E-state index contributed by atoms with van der Waals surface area (Å²) in [6, 6.07) is 25.5. The molecule has 0 aliphatic carbocycles. The van der Waals surface area contributed by atoms with Crippen LogP contribution < -0.4 is 4.90 Å². The number of piperazine rings is 1. The summed E-state index contributed by atoms with van der Waals surface area (Å²) in [4.78, 5) is 17.7. The Morgan fingerprint density at radius 2 is 1.31 bits per heavy atom. The van der Waals surface area contributed by atoms with Gasteiger partial charge in [-0.2, -0.15) is 0 Å². The highest BCUT2D eigenvalue weighted by atomic mass is 35.5. The maximum atomic E-state index is 13.5. The minimum atomic E-state index is -0.293. The molecule has 5 heteroatoms. The van der Waals surface area contributed by atoms with Crippen LogP contribution in [-0.4, -0.2) is 37.0 Å². The van der Waals surface area contributed by atoms with Crippen LogP contribution in [0.1, 0.15) is 17.0 Å². The Morgan fingerprint density at radius 1 is 0.759 bits per heavy atom. The number of nitrogens with zero attached hydrogens (tertiary/aromatic N) is 2. The van der Waals surface area contributed by atoms with Gasteiger partial charge in [0.1, 0.15) is 0 Å². The molecule has 0 radical (unpaired) electrons. The molecule has 1 saturated heterocycles. The maximum absolute atomic E-state index is 13.5. The standard InChI is InChI=1S/C24H22Cl2N2O/c25-20-11-12-21(26)22(17-20)27-13-15-28(16-14-27)24(29)23(18-7-3-1-4-8-18)19-9-5-2-6-10-19/h1-12,17,23H,13-16H2. The third-order valence-electron chi connectivity index (χ3n) is 5.35. The largest absolute Gasteiger partial charge is 0.367 e. The number of amides is 1. The zero-order valence-electron chi connectivity index (χ0n) is 16.0. The van der Waals surface area contributed by atoms with E-state index in [2.05, 4.69) is 4.90 Å². The van der Waals surface area contributed by atoms with Crippen molar-refractivity contribution in [3.63, 3.8) is 0 Å². The molecule has 0 unspecified atom stereocenters. The summed E-state index contributed by atoms with van der Waals surface area (Å²) < 4.78 is 0. The summed E-state index contributed by atoms with van der Waals surface area (Å²) in [6.45, 7) is 2.75. The predicted octanol–water partition coefficient (Wildman–Crippen LogP) is 5.47. The van der Waals surface area contributed by atoms with Gasteiger partial charge >= 0.3 is 0 Å². The molecule has 29 heavy (non-hydrogen) atoms. The summed E-state index contributed by atoms with van der Waals surface area (Å²) in [5, 5.41) is 1.34. The van der Waals surface area contributed by atoms with Crippen LogP contribution in [-0.2, 0) is 4.79 Å². The van der Waals surface area contributed by atoms with Crippen LogP contribution in [0.4, 0.5) is 5.69 Å². The van der Waals surface area contributed by atoms with Gasteiger partial charge in [0.05, 0.1) is 16.6 Å². The van der Waals surface area contributed by atoms with Crippen molar-refractivity contribution >= 4 is 34.8 Å². The minimum Gasteiger partial charge on any atom is -0.367 e. The van der Waals surface area contributed by atoms with E-state index in [9.17, 15) is 4.79 Å². The molecule has 3 aromatic carbocycles. The molecule has 1 amide bonds. The van der Waals surface area contributed by atoms with Crippen LogP contribution in [0.2, 0.25) is 10.0 Å². The maximum Gasteiger partial charge on any atom is 0.234 e. The van der Waals surface area contributed by atoms with Gasteiger partial charge in [0.2, 0.25) is 5.91 Å². The average Bonchev–Trinajstić information content (AvgIpc) is 2.77. The third-order valence-corrected chi connectivity index (χ3v) is 5.91. The van der Waals surface area contributed by atoms with Crippen LogP contribution in [0.5, 0.6) is 0 Å². The van der Waals surface area contributed by atoms with E-state index in [-0.39, 0.29) is 11.8 Å². The van der Waals surface area contributed by atoms with E-state index in [4.69, 9.17) is 23.2 Å². The second-order valence-electron chi connectivity index (χ2n) is 7.16. The van der Waals surface area contributed by atoms with E-state index in [1.165, 1.54) is 0 Å². The molecule has 0 aromatic heterocycles. The van der Waals surface area contributed by atoms with Crippen molar-refractivity contribution < 1.29 is 4.79 Å². The smallest absolute Gasteiger partial charge is 0.234 e. The van der Waals surface area contributed by atoms with Crippen molar-refractivity contribution in [2.24, 2.45) is 0 Å². The van der Waals surface area contributed by atoms with E-state index in [1.54, 1.807) is 6.07 Å². The summed E-state index contributed by atoms with van der Waals surface area (Å²) in [5.74, 6) is -0.155. The van der Waals surface area contributed by atoms with Crippen molar-refractivity contribution in [3.05, 3.63) is 100 Å². The van der Waals surface area contributed by atoms with Crippen LogP contribution in [0.3, 0.4) is 0 Å². The van der Waals surface area contributed by atoms with Gasteiger partial charge in [-0.3, -0.25) is 4.79 Å². The SMILES string of the molecule is O=C(C(c1ccccc1)c1ccccc1)N1CCN(c2cc(Cl)ccc2Cl)CC1. The zero-order chi connectivity index (χ0) is 20.2. The fraction of sp³-hybridized carbons (Fsp3) is 0.208. The van der Waals surface area contributed by atoms with Gasteiger partial charge in [-0.05, 0) is 29.3 Å². The number of hydrogen-bond acceptors (Lipinski definition) is 2. The van der Waals surface area contributed by atoms with Crippen molar-refractivity contribution in [1.82, 2.24) is 4.90 Å². The van der Waals surface area contributed by atoms with Gasteiger partial charge in [0.15, 0.2) is 0 Å². The highest BCUT2D eigenvalue weighted by molar-refractivity contribution is 6.35. The van der Waals surface area contributed by atoms with E-state index in [0.29, 0.717) is 23.1 Å². The molecule has 1 aliphatic rings. The first-order chi connectivity index (χ1) is 14.1. The number of benzene rings is 3. The van der Waals surface area contributed by atoms with Gasteiger partial charge in [-0.25, -0.2) is 0 Å². The van der Waals surface area contributed by atoms with Gasteiger partial charge in [-0.15, -0.1) is 0 Å². The monoisotopic (exact) mass is 424 g/mol. The molecule has 148 valence electrons. The van der Waals surface area contributed by atoms with E-state index in [0.717, 1.165) is 29.9 Å². The molecular weight excluding hydrogens is 403 g/mol. The fourth-order valence-electron chi connectivity index (χ4n) is 3.85. The molecule has 0 spiro atoms. The van der Waals surface area contributed by atoms with Gasteiger partial charge < -0.3 is 9.80 Å². The number of hydrogen-bond donors (Lipinski definition) is 0. The summed E-state index contributed by atoms with van der Waals surface area (Å²) in [6.07, 6.45) is 0. The molecule has 1 aliphatic heterocycles. The van der Waals surface area contributed by atoms with Crippen molar-refractivity contribution in [2.75, 3.05) is 31.1 Å². The van der Waals surface area contributed by atoms with Crippen LogP contribution in [0.25, 0.3) is 0 Å². The average molecular weight is 425 g/mol. The number of halogens is 2. The lowest BCUT2D eigenvalue weighted by Crippen LogP contribution is -2.50. The van der Waals surface area contributed by atoms with E-state index >= 15 is 0 Å². The highest BCUT2D eigenvalue weighted by Gasteiger charge is 2.30. The van der Waals surface area contributed by atoms with Crippen LogP contribution in [0.15, 0.2) is 78.9 Å². The molecule has 4 rings (SSSR count). The Labute approximate surface area is 181 Å². The summed E-state index contributed by atoms with van der Waals surface area (Å²) >= 11 is 12.5. The second-order valence-corrected chi connectivity index (χ2v) is 8.01. The lowest BCUT2D eigenvalue weighted by Gasteiger charge is -2.38. The van der Waals surface area contributed by atoms with Crippen molar-refractivity contribution in [3.8, 4) is 0 Å². The van der Waals surface area contributed by atoms with Crippen molar-refractivity contribution in [2.45, 2.75) is 5.92 Å². The Kier molecular flexibility index (Phi) is 6.08. The van der Waals surface area contributed by atoms with Gasteiger partial charge in [0, 0.05) is 31.2 Å². The number of carbonyl (C=O) groups excluding carboxylic acids is 1. The number of rotatable bonds is 4. The quantitative estimate of drug-likeness (QED) is 0.553. The predicted molar refractivity (Wildman–Crippen MR) is 120 cm³/mol. The van der Waals surface area contributed by atoms with E-state index < -0.39 is 0 Å². The Balaban J connectivity index is 1.53. The molecule has 0 bridgehead atoms. The summed E-state index contributed by atoms with van der Waals surface area (Å²) in [5.41, 5.74) is 2.96. The first-order valence-electron chi connectivity index (χ1n) is 9.72. The minimum absolute atomic E-state index is 0.138. The molecule has 1 heterocycles. The fourth-order valence-corrected chi connectivity index (χ4v) is 4.25. The lowest BCUT2D eigenvalue weighted by molar-refractivity contribution is -0.132. The second kappa shape index (κ2) is 8.89. The van der Waals surface area contributed by atoms with Gasteiger partial charge in [-0.1, -0.05) is 83.9 Å². The first-order valence-corrected chi connectivity index (χ1v) is 10.5. The van der Waals surface area contributed by atoms with Crippen LogP contribution in [0, 0.1) is 0 Å². The van der Waals surface area contributed by atoms with E-state index in [1.807, 2.05) is 77.7 Å². The van der Waals surface area contributed by atoms with Crippen LogP contribution >= 0.6 is 23.2 Å². The van der Waals surface area contributed by atoms with Crippen molar-refractivity contribution in [1.29, 1.82) is 0 Å². The molecule has 3 nitrogen and oxygen atoms in total. The third kappa shape index (κ3) is 4.42. The molecule has 0 N–H and O–H groups in total. The Hall–Kier alpha value is -2.49. The number of carbonyl (C=O) groups is 1. The molecule has 1 fully saturated rings. The zero-order valence-corrected chi connectivity index (χ0v) is 17.5. The normalized spacial score (nSPS) is 14.3.